The molecule has 0 aromatic heterocycles. The molecule has 0 atom stereocenters. The predicted molar refractivity (Wildman–Crippen MR) is 102 cm³/mol. The summed E-state index contributed by atoms with van der Waals surface area (Å²) >= 11 is 0. The van der Waals surface area contributed by atoms with E-state index in [1.807, 2.05) is 12.1 Å². The van der Waals surface area contributed by atoms with E-state index in [4.69, 9.17) is 4.74 Å². The molecule has 1 heterocycles. The number of halogens is 1. The molecule has 1 aliphatic heterocycles. The molecule has 2 aromatic carbocycles. The highest BCUT2D eigenvalue weighted by molar-refractivity contribution is 5.85. The van der Waals surface area contributed by atoms with Gasteiger partial charge in [0.2, 0.25) is 5.60 Å². The summed E-state index contributed by atoms with van der Waals surface area (Å²) in [6, 6.07) is 17.8. The minimum absolute atomic E-state index is 0.238. The van der Waals surface area contributed by atoms with Gasteiger partial charge in [0.25, 0.3) is 0 Å². The van der Waals surface area contributed by atoms with Crippen molar-refractivity contribution in [2.45, 2.75) is 31.0 Å². The van der Waals surface area contributed by atoms with Crippen LogP contribution >= 0.6 is 0 Å². The molecule has 4 nitrogen and oxygen atoms in total. The number of alkyl halides is 1. The molecule has 0 saturated carbocycles. The molecule has 0 radical (unpaired) electrons. The molecule has 144 valence electrons. The van der Waals surface area contributed by atoms with Crippen LogP contribution in [0.25, 0.3) is 0 Å². The second-order valence-corrected chi connectivity index (χ2v) is 6.93. The van der Waals surface area contributed by atoms with Crippen molar-refractivity contribution in [3.63, 3.8) is 0 Å². The zero-order chi connectivity index (χ0) is 19.1. The zero-order valence-corrected chi connectivity index (χ0v) is 15.4. The Bertz CT molecular complexity index is 675. The van der Waals surface area contributed by atoms with Crippen LogP contribution in [0.4, 0.5) is 4.39 Å². The Hall–Kier alpha value is -2.24. The molecule has 0 spiro atoms. The van der Waals surface area contributed by atoms with Gasteiger partial charge in [-0.1, -0.05) is 60.7 Å². The van der Waals surface area contributed by atoms with Gasteiger partial charge in [0.1, 0.15) is 6.10 Å². The second kappa shape index (κ2) is 9.11. The first-order valence-electron chi connectivity index (χ1n) is 9.47. The van der Waals surface area contributed by atoms with Gasteiger partial charge in [-0.25, -0.2) is 4.79 Å². The van der Waals surface area contributed by atoms with Crippen LogP contribution in [0.3, 0.4) is 0 Å². The van der Waals surface area contributed by atoms with E-state index in [9.17, 15) is 14.3 Å². The lowest BCUT2D eigenvalue weighted by molar-refractivity contribution is -0.170. The van der Waals surface area contributed by atoms with Crippen molar-refractivity contribution < 1.29 is 19.0 Å². The molecular formula is C22H26FNO3. The summed E-state index contributed by atoms with van der Waals surface area (Å²) in [6.45, 7) is 1.96. The van der Waals surface area contributed by atoms with E-state index >= 15 is 0 Å². The van der Waals surface area contributed by atoms with E-state index < -0.39 is 11.6 Å². The van der Waals surface area contributed by atoms with Crippen molar-refractivity contribution in [2.24, 2.45) is 0 Å². The molecule has 1 N–H and O–H groups in total. The number of hydrogen-bond donors (Lipinski definition) is 1. The Balaban J connectivity index is 1.74. The molecule has 1 saturated heterocycles. The van der Waals surface area contributed by atoms with Gasteiger partial charge in [-0.05, 0) is 30.4 Å². The lowest BCUT2D eigenvalue weighted by Gasteiger charge is -2.34. The van der Waals surface area contributed by atoms with Crippen molar-refractivity contribution in [2.75, 3.05) is 26.3 Å². The fourth-order valence-electron chi connectivity index (χ4n) is 3.53. The number of piperidine rings is 1. The maximum atomic E-state index is 13.1. The van der Waals surface area contributed by atoms with E-state index in [2.05, 4.69) is 4.90 Å². The third-order valence-electron chi connectivity index (χ3n) is 5.09. The van der Waals surface area contributed by atoms with Crippen molar-refractivity contribution in [1.82, 2.24) is 4.90 Å². The number of benzene rings is 2. The Morgan fingerprint density at radius 1 is 1.04 bits per heavy atom. The highest BCUT2D eigenvalue weighted by atomic mass is 19.1. The van der Waals surface area contributed by atoms with Gasteiger partial charge in [-0.2, -0.15) is 0 Å². The summed E-state index contributed by atoms with van der Waals surface area (Å²) in [5.74, 6) is -0.651. The first-order chi connectivity index (χ1) is 13.1. The summed E-state index contributed by atoms with van der Waals surface area (Å²) in [5.41, 5.74) is -0.864. The number of ether oxygens (including phenoxy) is 1. The normalized spacial score (nSPS) is 16.2. The van der Waals surface area contributed by atoms with Crippen LogP contribution < -0.4 is 0 Å². The SMILES string of the molecule is O=C(OC1CCN(CCCF)CC1)C(O)(c1ccccc1)c1ccccc1. The number of rotatable bonds is 7. The molecule has 0 unspecified atom stereocenters. The highest BCUT2D eigenvalue weighted by Crippen LogP contribution is 2.32. The van der Waals surface area contributed by atoms with E-state index in [0.29, 0.717) is 30.4 Å². The number of esters is 1. The molecular weight excluding hydrogens is 345 g/mol. The van der Waals surface area contributed by atoms with Crippen molar-refractivity contribution >= 4 is 5.97 Å². The Morgan fingerprint density at radius 2 is 1.56 bits per heavy atom. The van der Waals surface area contributed by atoms with Gasteiger partial charge in [0.15, 0.2) is 0 Å². The summed E-state index contributed by atoms with van der Waals surface area (Å²) in [6.07, 6.45) is 1.68. The summed E-state index contributed by atoms with van der Waals surface area (Å²) < 4.78 is 18.1. The predicted octanol–water partition coefficient (Wildman–Crippen LogP) is 3.29. The van der Waals surface area contributed by atoms with Gasteiger partial charge < -0.3 is 14.7 Å². The van der Waals surface area contributed by atoms with Gasteiger partial charge in [0, 0.05) is 19.6 Å². The topological polar surface area (TPSA) is 49.8 Å². The molecule has 0 aliphatic carbocycles. The minimum Gasteiger partial charge on any atom is -0.460 e. The van der Waals surface area contributed by atoms with Crippen LogP contribution in [0.5, 0.6) is 0 Å². The monoisotopic (exact) mass is 371 g/mol. The fraction of sp³-hybridized carbons (Fsp3) is 0.409. The van der Waals surface area contributed by atoms with E-state index in [0.717, 1.165) is 19.6 Å². The van der Waals surface area contributed by atoms with Gasteiger partial charge in [-0.15, -0.1) is 0 Å². The maximum Gasteiger partial charge on any atom is 0.347 e. The Kier molecular flexibility index (Phi) is 6.58. The number of likely N-dealkylation sites (tertiary alicyclic amines) is 1. The van der Waals surface area contributed by atoms with Crippen molar-refractivity contribution in [1.29, 1.82) is 0 Å². The average molecular weight is 371 g/mol. The summed E-state index contributed by atoms with van der Waals surface area (Å²) in [5, 5.41) is 11.4. The number of carbonyl (C=O) groups excluding carboxylic acids is 1. The first kappa shape index (κ1) is 19.5. The van der Waals surface area contributed by atoms with Crippen molar-refractivity contribution in [3.8, 4) is 0 Å². The molecule has 0 amide bonds. The third-order valence-corrected chi connectivity index (χ3v) is 5.09. The molecule has 27 heavy (non-hydrogen) atoms. The largest absolute Gasteiger partial charge is 0.460 e. The molecule has 0 bridgehead atoms. The van der Waals surface area contributed by atoms with E-state index in [-0.39, 0.29) is 12.8 Å². The number of hydrogen-bond acceptors (Lipinski definition) is 4. The maximum absolute atomic E-state index is 13.1. The van der Waals surface area contributed by atoms with Gasteiger partial charge >= 0.3 is 5.97 Å². The Labute approximate surface area is 159 Å². The Morgan fingerprint density at radius 3 is 2.04 bits per heavy atom. The number of nitrogens with zero attached hydrogens (tertiary/aromatic N) is 1. The smallest absolute Gasteiger partial charge is 0.347 e. The molecule has 3 rings (SSSR count). The summed E-state index contributed by atoms with van der Waals surface area (Å²) in [7, 11) is 0. The van der Waals surface area contributed by atoms with Crippen LogP contribution in [0.15, 0.2) is 60.7 Å². The second-order valence-electron chi connectivity index (χ2n) is 6.93. The lowest BCUT2D eigenvalue weighted by atomic mass is 9.86. The first-order valence-corrected chi connectivity index (χ1v) is 9.47. The van der Waals surface area contributed by atoms with Crippen LogP contribution in [0.1, 0.15) is 30.4 Å². The fourth-order valence-corrected chi connectivity index (χ4v) is 3.53. The zero-order valence-electron chi connectivity index (χ0n) is 15.4. The minimum atomic E-state index is -1.84. The molecule has 5 heteroatoms. The number of carbonyl (C=O) groups is 1. The van der Waals surface area contributed by atoms with Crippen LogP contribution in [0.2, 0.25) is 0 Å². The van der Waals surface area contributed by atoms with Gasteiger partial charge in [-0.3, -0.25) is 4.39 Å². The van der Waals surface area contributed by atoms with Gasteiger partial charge in [0.05, 0.1) is 6.67 Å². The third kappa shape index (κ3) is 4.54. The summed E-state index contributed by atoms with van der Waals surface area (Å²) in [4.78, 5) is 15.2. The van der Waals surface area contributed by atoms with Crippen molar-refractivity contribution in [3.05, 3.63) is 71.8 Å². The quantitative estimate of drug-likeness (QED) is 0.759. The molecule has 1 aliphatic rings. The standard InChI is InChI=1S/C22H26FNO3/c23-14-7-15-24-16-12-20(13-17-24)27-21(25)22(26,18-8-3-1-4-9-18)19-10-5-2-6-11-19/h1-6,8-11,20,26H,7,12-17H2. The van der Waals surface area contributed by atoms with Crippen LogP contribution in [-0.2, 0) is 15.1 Å². The van der Waals surface area contributed by atoms with Crippen LogP contribution in [0, 0.1) is 0 Å². The van der Waals surface area contributed by atoms with E-state index in [1.165, 1.54) is 0 Å². The highest BCUT2D eigenvalue weighted by Gasteiger charge is 2.42. The molecule has 2 aromatic rings. The van der Waals surface area contributed by atoms with Crippen LogP contribution in [-0.4, -0.2) is 48.4 Å². The molecule has 1 fully saturated rings. The lowest BCUT2D eigenvalue weighted by Crippen LogP contribution is -2.44. The number of aliphatic hydroxyl groups is 1. The average Bonchev–Trinajstić information content (AvgIpc) is 2.74. The van der Waals surface area contributed by atoms with E-state index in [1.54, 1.807) is 48.5 Å².